The molecule has 0 bridgehead atoms. The lowest BCUT2D eigenvalue weighted by Crippen LogP contribution is -2.10. The predicted molar refractivity (Wildman–Crippen MR) is 253 cm³/mol. The Morgan fingerprint density at radius 2 is 0.951 bits per heavy atom. The van der Waals surface area contributed by atoms with Gasteiger partial charge in [0, 0.05) is 39.5 Å². The molecule has 2 heterocycles. The molecular formula is C57H36N2O2. The summed E-state index contributed by atoms with van der Waals surface area (Å²) in [4.78, 5) is 7.14. The van der Waals surface area contributed by atoms with Crippen molar-refractivity contribution < 1.29 is 8.83 Å². The van der Waals surface area contributed by atoms with Crippen molar-refractivity contribution in [3.8, 4) is 44.8 Å². The second-order valence-electron chi connectivity index (χ2n) is 15.5. The number of oxazole rings is 1. The van der Waals surface area contributed by atoms with Crippen LogP contribution in [0.25, 0.3) is 99.4 Å². The zero-order chi connectivity index (χ0) is 40.3. The first-order valence-corrected chi connectivity index (χ1v) is 20.6. The normalized spacial score (nSPS) is 11.6. The molecule has 0 N–H and O–H groups in total. The molecule has 286 valence electrons. The molecule has 61 heavy (non-hydrogen) atoms. The van der Waals surface area contributed by atoms with Crippen molar-refractivity contribution in [1.82, 2.24) is 4.98 Å². The minimum Gasteiger partial charge on any atom is -0.456 e. The fourth-order valence-electron chi connectivity index (χ4n) is 8.97. The van der Waals surface area contributed by atoms with E-state index in [0.29, 0.717) is 5.89 Å². The number of benzene rings is 10. The minimum atomic E-state index is 0.596. The molecule has 0 aliphatic carbocycles. The van der Waals surface area contributed by atoms with E-state index in [9.17, 15) is 0 Å². The molecule has 0 aliphatic heterocycles. The molecule has 0 radical (unpaired) electrons. The van der Waals surface area contributed by atoms with Crippen molar-refractivity contribution in [1.29, 1.82) is 0 Å². The van der Waals surface area contributed by atoms with E-state index in [1.807, 2.05) is 42.5 Å². The standard InChI is InChI=1S/C57H36N2O2/c1-3-13-37(14-4-1)41-18-11-19-45(33-41)59(44-31-27-39(28-32-44)50-34-42-17-7-8-20-46(42)48-21-9-10-22-49(48)50)43-29-25-38(26-30-43)47-23-12-24-53-56(47)51-35-55-52(36-54(51)60-53)58-57(61-55)40-15-5-2-6-16-40/h1-36H. The van der Waals surface area contributed by atoms with Crippen LogP contribution in [-0.4, -0.2) is 4.98 Å². The Morgan fingerprint density at radius 1 is 0.328 bits per heavy atom. The van der Waals surface area contributed by atoms with Gasteiger partial charge in [0.2, 0.25) is 5.89 Å². The maximum absolute atomic E-state index is 6.46. The van der Waals surface area contributed by atoms with Crippen LogP contribution >= 0.6 is 0 Å². The van der Waals surface area contributed by atoms with E-state index in [1.54, 1.807) is 0 Å². The zero-order valence-corrected chi connectivity index (χ0v) is 33.0. The molecular weight excluding hydrogens is 745 g/mol. The zero-order valence-electron chi connectivity index (χ0n) is 33.0. The van der Waals surface area contributed by atoms with Gasteiger partial charge < -0.3 is 13.7 Å². The fourth-order valence-corrected chi connectivity index (χ4v) is 8.97. The molecule has 10 aromatic carbocycles. The fraction of sp³-hybridized carbons (Fsp3) is 0. The van der Waals surface area contributed by atoms with Gasteiger partial charge in [-0.15, -0.1) is 0 Å². The van der Waals surface area contributed by atoms with Gasteiger partial charge in [-0.3, -0.25) is 0 Å². The van der Waals surface area contributed by atoms with Gasteiger partial charge in [-0.05, 0) is 122 Å². The second-order valence-corrected chi connectivity index (χ2v) is 15.5. The molecule has 12 rings (SSSR count). The molecule has 0 saturated carbocycles. The lowest BCUT2D eigenvalue weighted by atomic mass is 9.93. The van der Waals surface area contributed by atoms with Crippen LogP contribution in [0.15, 0.2) is 227 Å². The van der Waals surface area contributed by atoms with Crippen LogP contribution in [0.2, 0.25) is 0 Å². The van der Waals surface area contributed by atoms with Crippen molar-refractivity contribution in [2.45, 2.75) is 0 Å². The van der Waals surface area contributed by atoms with Crippen molar-refractivity contribution in [2.75, 3.05) is 4.90 Å². The summed E-state index contributed by atoms with van der Waals surface area (Å²) >= 11 is 0. The number of anilines is 3. The number of rotatable bonds is 7. The quantitative estimate of drug-likeness (QED) is 0.151. The van der Waals surface area contributed by atoms with Gasteiger partial charge in [0.25, 0.3) is 0 Å². The summed E-state index contributed by atoms with van der Waals surface area (Å²) in [6.07, 6.45) is 0. The van der Waals surface area contributed by atoms with Crippen LogP contribution in [-0.2, 0) is 0 Å². The third-order valence-corrected chi connectivity index (χ3v) is 11.9. The largest absolute Gasteiger partial charge is 0.456 e. The molecule has 0 spiro atoms. The first-order chi connectivity index (χ1) is 30.2. The number of furan rings is 1. The third kappa shape index (κ3) is 6.04. The predicted octanol–water partition coefficient (Wildman–Crippen LogP) is 16.2. The Bertz CT molecular complexity index is 3570. The maximum Gasteiger partial charge on any atom is 0.227 e. The molecule has 4 heteroatoms. The van der Waals surface area contributed by atoms with E-state index < -0.39 is 0 Å². The number of nitrogens with zero attached hydrogens (tertiary/aromatic N) is 2. The Morgan fingerprint density at radius 3 is 1.70 bits per heavy atom. The molecule has 4 nitrogen and oxygen atoms in total. The van der Waals surface area contributed by atoms with Gasteiger partial charge in [-0.2, -0.15) is 0 Å². The van der Waals surface area contributed by atoms with E-state index in [2.05, 4.69) is 181 Å². The topological polar surface area (TPSA) is 42.4 Å². The average molecular weight is 781 g/mol. The average Bonchev–Trinajstić information content (AvgIpc) is 3.92. The summed E-state index contributed by atoms with van der Waals surface area (Å²) in [7, 11) is 0. The van der Waals surface area contributed by atoms with Gasteiger partial charge in [-0.1, -0.05) is 146 Å². The highest BCUT2D eigenvalue weighted by molar-refractivity contribution is 6.15. The first kappa shape index (κ1) is 34.8. The molecule has 12 aromatic rings. The monoisotopic (exact) mass is 780 g/mol. The third-order valence-electron chi connectivity index (χ3n) is 11.9. The number of aromatic nitrogens is 1. The van der Waals surface area contributed by atoms with E-state index in [0.717, 1.165) is 72.4 Å². The summed E-state index contributed by atoms with van der Waals surface area (Å²) in [6.45, 7) is 0. The summed E-state index contributed by atoms with van der Waals surface area (Å²) < 4.78 is 12.8. The van der Waals surface area contributed by atoms with Crippen molar-refractivity contribution in [2.24, 2.45) is 0 Å². The van der Waals surface area contributed by atoms with Gasteiger partial charge in [0.1, 0.15) is 16.7 Å². The van der Waals surface area contributed by atoms with Gasteiger partial charge in [-0.25, -0.2) is 4.98 Å². The molecule has 2 aromatic heterocycles. The first-order valence-electron chi connectivity index (χ1n) is 20.6. The summed E-state index contributed by atoms with van der Waals surface area (Å²) in [6, 6.07) is 77.3. The van der Waals surface area contributed by atoms with Crippen LogP contribution in [0, 0.1) is 0 Å². The van der Waals surface area contributed by atoms with Crippen LogP contribution in [0.5, 0.6) is 0 Å². The molecule has 0 unspecified atom stereocenters. The molecule has 0 amide bonds. The van der Waals surface area contributed by atoms with Crippen molar-refractivity contribution in [3.05, 3.63) is 218 Å². The van der Waals surface area contributed by atoms with Crippen LogP contribution in [0.3, 0.4) is 0 Å². The highest BCUT2D eigenvalue weighted by Crippen LogP contribution is 2.43. The minimum absolute atomic E-state index is 0.596. The lowest BCUT2D eigenvalue weighted by molar-refractivity contribution is 0.620. The highest BCUT2D eigenvalue weighted by atomic mass is 16.4. The van der Waals surface area contributed by atoms with E-state index >= 15 is 0 Å². The Balaban J connectivity index is 0.958. The smallest absolute Gasteiger partial charge is 0.227 e. The summed E-state index contributed by atoms with van der Waals surface area (Å²) in [5.41, 5.74) is 14.2. The molecule has 0 fully saturated rings. The van der Waals surface area contributed by atoms with Gasteiger partial charge in [0.15, 0.2) is 5.58 Å². The second kappa shape index (κ2) is 14.3. The van der Waals surface area contributed by atoms with E-state index in [-0.39, 0.29) is 0 Å². The van der Waals surface area contributed by atoms with Crippen molar-refractivity contribution in [3.63, 3.8) is 0 Å². The van der Waals surface area contributed by atoms with Crippen LogP contribution in [0.4, 0.5) is 17.1 Å². The Hall–Kier alpha value is -8.21. The highest BCUT2D eigenvalue weighted by Gasteiger charge is 2.19. The Labute approximate surface area is 352 Å². The summed E-state index contributed by atoms with van der Waals surface area (Å²) in [5, 5.41) is 7.07. The van der Waals surface area contributed by atoms with E-state index in [4.69, 9.17) is 13.8 Å². The van der Waals surface area contributed by atoms with Crippen LogP contribution < -0.4 is 4.90 Å². The molecule has 0 atom stereocenters. The molecule has 0 aliphatic rings. The SMILES string of the molecule is c1ccc(-c2cccc(N(c3ccc(-c4cc5ccccc5c5ccccc45)cc3)c3ccc(-c4cccc5oc6cc7nc(-c8ccccc8)oc7cc6c45)cc3)c2)cc1. The van der Waals surface area contributed by atoms with Crippen LogP contribution in [0.1, 0.15) is 0 Å². The lowest BCUT2D eigenvalue weighted by Gasteiger charge is -2.26. The van der Waals surface area contributed by atoms with E-state index in [1.165, 1.54) is 38.2 Å². The summed E-state index contributed by atoms with van der Waals surface area (Å²) in [5.74, 6) is 0.596. The van der Waals surface area contributed by atoms with Crippen molar-refractivity contribution >= 4 is 71.6 Å². The van der Waals surface area contributed by atoms with Gasteiger partial charge >= 0.3 is 0 Å². The molecule has 0 saturated heterocycles. The van der Waals surface area contributed by atoms with Gasteiger partial charge in [0.05, 0.1) is 0 Å². The number of fused-ring (bicyclic) bond motifs is 7. The Kier molecular flexibility index (Phi) is 8.13. The maximum atomic E-state index is 6.46. The number of hydrogen-bond acceptors (Lipinski definition) is 4. The number of hydrogen-bond donors (Lipinski definition) is 0.